The van der Waals surface area contributed by atoms with Crippen molar-refractivity contribution in [1.29, 1.82) is 0 Å². The molecule has 0 N–H and O–H groups in total. The highest BCUT2D eigenvalue weighted by molar-refractivity contribution is 5.96. The van der Waals surface area contributed by atoms with E-state index in [-0.39, 0.29) is 0 Å². The molecule has 3 aliphatic carbocycles. The number of Topliss-reactive ketones (excluding diaryl/α,β-unsaturated/α-hetero) is 2. The van der Waals surface area contributed by atoms with Crippen LogP contribution in [0.1, 0.15) is 103 Å². The largest absolute Gasteiger partial charge is 0.299 e. The lowest BCUT2D eigenvalue weighted by Crippen LogP contribution is -2.35. The highest BCUT2D eigenvalue weighted by atomic mass is 16.1. The van der Waals surface area contributed by atoms with Gasteiger partial charge < -0.3 is 0 Å². The van der Waals surface area contributed by atoms with E-state index in [1.165, 1.54) is 70.6 Å². The lowest BCUT2D eigenvalue weighted by molar-refractivity contribution is -0.127. The number of carbonyl (C=O) groups is 2. The molecule has 0 aliphatic heterocycles. The Kier molecular flexibility index (Phi) is 7.52. The summed E-state index contributed by atoms with van der Waals surface area (Å²) in [6.07, 6.45) is 19.2. The zero-order valence-corrected chi connectivity index (χ0v) is 16.8. The van der Waals surface area contributed by atoms with Crippen LogP contribution >= 0.6 is 0 Å². The van der Waals surface area contributed by atoms with Gasteiger partial charge in [0.1, 0.15) is 5.78 Å². The van der Waals surface area contributed by atoms with Gasteiger partial charge in [-0.05, 0) is 62.4 Å². The molecule has 0 heterocycles. The first-order chi connectivity index (χ1) is 12.7. The summed E-state index contributed by atoms with van der Waals surface area (Å²) in [6.45, 7) is 2.01. The molecule has 0 bridgehead atoms. The Bertz CT molecular complexity index is 510. The molecule has 0 saturated heterocycles. The van der Waals surface area contributed by atoms with Crippen LogP contribution in [-0.4, -0.2) is 11.6 Å². The molecule has 3 fully saturated rings. The molecule has 3 unspecified atom stereocenters. The van der Waals surface area contributed by atoms with E-state index in [4.69, 9.17) is 0 Å². The molecule has 2 nitrogen and oxygen atoms in total. The zero-order valence-electron chi connectivity index (χ0n) is 16.8. The van der Waals surface area contributed by atoms with Gasteiger partial charge in [-0.15, -0.1) is 0 Å². The fraction of sp³-hybridized carbons (Fsp3) is 0.833. The number of allylic oxidation sites excluding steroid dienone is 2. The van der Waals surface area contributed by atoms with Gasteiger partial charge in [-0.25, -0.2) is 0 Å². The Labute approximate surface area is 160 Å². The quantitative estimate of drug-likeness (QED) is 0.491. The van der Waals surface area contributed by atoms with E-state index in [2.05, 4.69) is 0 Å². The van der Waals surface area contributed by atoms with Crippen LogP contribution in [0.3, 0.4) is 0 Å². The number of fused-ring (bicyclic) bond motifs is 1. The lowest BCUT2D eigenvalue weighted by Gasteiger charge is -2.40. The number of hydrogen-bond donors (Lipinski definition) is 0. The first-order valence-electron chi connectivity index (χ1n) is 11.4. The van der Waals surface area contributed by atoms with Gasteiger partial charge in [-0.3, -0.25) is 9.59 Å². The summed E-state index contributed by atoms with van der Waals surface area (Å²) in [5, 5.41) is 0. The minimum atomic E-state index is 0.309. The first kappa shape index (κ1) is 19.8. The van der Waals surface area contributed by atoms with Gasteiger partial charge in [0, 0.05) is 18.8 Å². The molecule has 3 atom stereocenters. The molecule has 0 radical (unpaired) electrons. The monoisotopic (exact) mass is 358 g/mol. The van der Waals surface area contributed by atoms with Crippen LogP contribution in [0.25, 0.3) is 0 Å². The molecule has 0 aromatic heterocycles. The van der Waals surface area contributed by atoms with Crippen molar-refractivity contribution in [3.8, 4) is 0 Å². The molecular weight excluding hydrogens is 320 g/mol. The van der Waals surface area contributed by atoms with Crippen molar-refractivity contribution in [2.45, 2.75) is 103 Å². The molecule has 0 aromatic rings. The maximum atomic E-state index is 12.8. The van der Waals surface area contributed by atoms with Crippen molar-refractivity contribution in [2.24, 2.45) is 23.7 Å². The smallest absolute Gasteiger partial charge is 0.158 e. The van der Waals surface area contributed by atoms with Crippen LogP contribution in [-0.2, 0) is 9.59 Å². The van der Waals surface area contributed by atoms with Gasteiger partial charge in [0.05, 0.1) is 0 Å². The normalized spacial score (nSPS) is 30.7. The van der Waals surface area contributed by atoms with E-state index >= 15 is 0 Å². The van der Waals surface area contributed by atoms with Gasteiger partial charge in [0.15, 0.2) is 5.78 Å². The van der Waals surface area contributed by atoms with Gasteiger partial charge >= 0.3 is 0 Å². The summed E-state index contributed by atoms with van der Waals surface area (Å²) in [7, 11) is 0. The number of rotatable bonds is 7. The highest BCUT2D eigenvalue weighted by Gasteiger charge is 2.37. The molecule has 3 aliphatic rings. The maximum absolute atomic E-state index is 12.8. The minimum absolute atomic E-state index is 0.309. The minimum Gasteiger partial charge on any atom is -0.299 e. The van der Waals surface area contributed by atoms with E-state index in [1.54, 1.807) is 0 Å². The fourth-order valence-corrected chi connectivity index (χ4v) is 6.13. The van der Waals surface area contributed by atoms with E-state index in [0.29, 0.717) is 42.2 Å². The molecule has 0 aromatic carbocycles. The third-order valence-electron chi connectivity index (χ3n) is 7.49. The Morgan fingerprint density at radius 3 is 2.27 bits per heavy atom. The van der Waals surface area contributed by atoms with Crippen molar-refractivity contribution < 1.29 is 9.59 Å². The average Bonchev–Trinajstić information content (AvgIpc) is 2.69. The molecule has 3 saturated carbocycles. The van der Waals surface area contributed by atoms with E-state index in [9.17, 15) is 9.59 Å². The Hall–Kier alpha value is -0.920. The van der Waals surface area contributed by atoms with Crippen molar-refractivity contribution in [3.63, 3.8) is 0 Å². The van der Waals surface area contributed by atoms with E-state index in [0.717, 1.165) is 24.3 Å². The van der Waals surface area contributed by atoms with Crippen LogP contribution in [0, 0.1) is 23.7 Å². The molecular formula is C24H38O2. The Morgan fingerprint density at radius 2 is 1.50 bits per heavy atom. The van der Waals surface area contributed by atoms with Gasteiger partial charge in [-0.2, -0.15) is 0 Å². The maximum Gasteiger partial charge on any atom is 0.158 e. The van der Waals surface area contributed by atoms with E-state index < -0.39 is 0 Å². The molecule has 0 spiro atoms. The third-order valence-corrected chi connectivity index (χ3v) is 7.49. The third kappa shape index (κ3) is 4.87. The van der Waals surface area contributed by atoms with Crippen molar-refractivity contribution in [3.05, 3.63) is 11.6 Å². The summed E-state index contributed by atoms with van der Waals surface area (Å²) < 4.78 is 0. The van der Waals surface area contributed by atoms with Gasteiger partial charge in [0.2, 0.25) is 0 Å². The topological polar surface area (TPSA) is 34.1 Å². The van der Waals surface area contributed by atoms with Crippen molar-refractivity contribution in [2.75, 3.05) is 0 Å². The first-order valence-corrected chi connectivity index (χ1v) is 11.4. The van der Waals surface area contributed by atoms with Crippen LogP contribution in [0.5, 0.6) is 0 Å². The highest BCUT2D eigenvalue weighted by Crippen LogP contribution is 2.44. The average molecular weight is 359 g/mol. The molecule has 2 heteroatoms. The summed E-state index contributed by atoms with van der Waals surface area (Å²) in [6, 6.07) is 0. The van der Waals surface area contributed by atoms with Crippen LogP contribution in [0.15, 0.2) is 11.6 Å². The standard InChI is InChI=1S/C24H38O2/c1-2-20(18-10-4-3-5-11-18)23(25)16-9-17-24(26)22-15-8-13-19-12-6-7-14-21(19)22/h2,18-19,21-22H,3-17H2,1H3. The van der Waals surface area contributed by atoms with Crippen LogP contribution in [0.4, 0.5) is 0 Å². The predicted octanol–water partition coefficient (Wildman–Crippen LogP) is 6.43. The van der Waals surface area contributed by atoms with Crippen LogP contribution in [0.2, 0.25) is 0 Å². The van der Waals surface area contributed by atoms with E-state index in [1.807, 2.05) is 13.0 Å². The lowest BCUT2D eigenvalue weighted by atomic mass is 9.64. The van der Waals surface area contributed by atoms with Crippen molar-refractivity contribution >= 4 is 11.6 Å². The summed E-state index contributed by atoms with van der Waals surface area (Å²) >= 11 is 0. The second-order valence-corrected chi connectivity index (χ2v) is 9.07. The number of ketones is 2. The molecule has 3 rings (SSSR count). The molecule has 26 heavy (non-hydrogen) atoms. The second-order valence-electron chi connectivity index (χ2n) is 9.07. The second kappa shape index (κ2) is 9.85. The van der Waals surface area contributed by atoms with Gasteiger partial charge in [0.25, 0.3) is 0 Å². The Morgan fingerprint density at radius 1 is 0.808 bits per heavy atom. The summed E-state index contributed by atoms with van der Waals surface area (Å²) in [5.74, 6) is 3.05. The summed E-state index contributed by atoms with van der Waals surface area (Å²) in [4.78, 5) is 25.5. The van der Waals surface area contributed by atoms with Gasteiger partial charge in [-0.1, -0.05) is 57.4 Å². The number of hydrogen-bond acceptors (Lipinski definition) is 2. The predicted molar refractivity (Wildman–Crippen MR) is 107 cm³/mol. The molecule has 146 valence electrons. The fourth-order valence-electron chi connectivity index (χ4n) is 6.13. The zero-order chi connectivity index (χ0) is 18.4. The number of carbonyl (C=O) groups excluding carboxylic acids is 2. The summed E-state index contributed by atoms with van der Waals surface area (Å²) in [5.41, 5.74) is 1.06. The Balaban J connectivity index is 1.46. The molecule has 0 amide bonds. The SMILES string of the molecule is CC=C(C(=O)CCCC(=O)C1CCCC2CCCCC21)C1CCCCC1. The van der Waals surface area contributed by atoms with Crippen LogP contribution < -0.4 is 0 Å². The van der Waals surface area contributed by atoms with Crippen molar-refractivity contribution in [1.82, 2.24) is 0 Å².